The standard InChI is InChI=1S/C11H9N3S/c12-9-6-15-11-10(13-7-14(9)11)8-4-2-1-3-5-8/h1-7H,12H2. The van der Waals surface area contributed by atoms with Crippen LogP contribution in [-0.4, -0.2) is 9.38 Å². The van der Waals surface area contributed by atoms with Gasteiger partial charge in [0.05, 0.1) is 0 Å². The fraction of sp³-hybridized carbons (Fsp3) is 0. The molecule has 2 heterocycles. The highest BCUT2D eigenvalue weighted by Gasteiger charge is 2.09. The van der Waals surface area contributed by atoms with Crippen molar-refractivity contribution in [1.29, 1.82) is 0 Å². The minimum absolute atomic E-state index is 0.740. The largest absolute Gasteiger partial charge is 0.384 e. The van der Waals surface area contributed by atoms with Gasteiger partial charge < -0.3 is 5.73 Å². The van der Waals surface area contributed by atoms with E-state index in [2.05, 4.69) is 17.1 Å². The quantitative estimate of drug-likeness (QED) is 0.678. The smallest absolute Gasteiger partial charge is 0.129 e. The molecule has 0 radical (unpaired) electrons. The van der Waals surface area contributed by atoms with E-state index in [0.717, 1.165) is 21.9 Å². The summed E-state index contributed by atoms with van der Waals surface area (Å²) >= 11 is 1.62. The highest BCUT2D eigenvalue weighted by molar-refractivity contribution is 7.16. The highest BCUT2D eigenvalue weighted by atomic mass is 32.1. The summed E-state index contributed by atoms with van der Waals surface area (Å²) < 4.78 is 1.91. The molecule has 0 bridgehead atoms. The van der Waals surface area contributed by atoms with Gasteiger partial charge in [0.15, 0.2) is 0 Å². The second-order valence-electron chi connectivity index (χ2n) is 3.29. The van der Waals surface area contributed by atoms with Gasteiger partial charge in [-0.3, -0.25) is 4.40 Å². The predicted octanol–water partition coefficient (Wildman–Crippen LogP) is 2.65. The number of rotatable bonds is 1. The lowest BCUT2D eigenvalue weighted by atomic mass is 10.2. The molecule has 1 aromatic carbocycles. The molecule has 0 saturated carbocycles. The minimum Gasteiger partial charge on any atom is -0.384 e. The molecule has 0 saturated heterocycles. The van der Waals surface area contributed by atoms with Gasteiger partial charge in [0.1, 0.15) is 22.7 Å². The van der Waals surface area contributed by atoms with Crippen molar-refractivity contribution < 1.29 is 0 Å². The number of hydrogen-bond acceptors (Lipinski definition) is 3. The first-order valence-electron chi connectivity index (χ1n) is 4.62. The Bertz CT molecular complexity index is 595. The summed E-state index contributed by atoms with van der Waals surface area (Å²) in [5, 5.41) is 1.93. The number of hydrogen-bond donors (Lipinski definition) is 1. The van der Waals surface area contributed by atoms with Crippen LogP contribution in [0, 0.1) is 0 Å². The van der Waals surface area contributed by atoms with E-state index in [1.165, 1.54) is 0 Å². The molecule has 0 aliphatic carbocycles. The summed E-state index contributed by atoms with van der Waals surface area (Å²) in [5.74, 6) is 0.740. The van der Waals surface area contributed by atoms with Gasteiger partial charge in [0, 0.05) is 10.9 Å². The van der Waals surface area contributed by atoms with Gasteiger partial charge in [-0.25, -0.2) is 4.98 Å². The molecule has 2 aromatic heterocycles. The predicted molar refractivity (Wildman–Crippen MR) is 62.9 cm³/mol. The Morgan fingerprint density at radius 1 is 1.20 bits per heavy atom. The van der Waals surface area contributed by atoms with Gasteiger partial charge in [-0.15, -0.1) is 11.3 Å². The first-order chi connectivity index (χ1) is 7.36. The molecule has 0 fully saturated rings. The van der Waals surface area contributed by atoms with Gasteiger partial charge in [0.2, 0.25) is 0 Å². The Morgan fingerprint density at radius 3 is 2.80 bits per heavy atom. The molecule has 15 heavy (non-hydrogen) atoms. The molecule has 4 heteroatoms. The van der Waals surface area contributed by atoms with Crippen LogP contribution in [0.2, 0.25) is 0 Å². The SMILES string of the molecule is Nc1csc2c(-c3ccccc3)ncn12. The molecular weight excluding hydrogens is 206 g/mol. The van der Waals surface area contributed by atoms with Crippen LogP contribution in [0.1, 0.15) is 0 Å². The summed E-state index contributed by atoms with van der Waals surface area (Å²) in [5.41, 5.74) is 7.93. The summed E-state index contributed by atoms with van der Waals surface area (Å²) in [6, 6.07) is 10.1. The van der Waals surface area contributed by atoms with Gasteiger partial charge in [-0.2, -0.15) is 0 Å². The van der Waals surface area contributed by atoms with Crippen LogP contribution < -0.4 is 5.73 Å². The maximum atomic E-state index is 5.80. The zero-order valence-electron chi connectivity index (χ0n) is 7.92. The Labute approximate surface area is 90.8 Å². The Balaban J connectivity index is 2.28. The number of aromatic nitrogens is 2. The maximum Gasteiger partial charge on any atom is 0.129 e. The molecule has 0 aliphatic heterocycles. The van der Waals surface area contributed by atoms with Crippen LogP contribution >= 0.6 is 11.3 Å². The molecule has 3 nitrogen and oxygen atoms in total. The van der Waals surface area contributed by atoms with Crippen LogP contribution in [0.15, 0.2) is 42.0 Å². The Morgan fingerprint density at radius 2 is 2.00 bits per heavy atom. The van der Waals surface area contributed by atoms with E-state index in [1.54, 1.807) is 17.7 Å². The molecule has 0 atom stereocenters. The third kappa shape index (κ3) is 1.22. The molecule has 0 aliphatic rings. The lowest BCUT2D eigenvalue weighted by Crippen LogP contribution is -1.87. The number of anilines is 1. The average Bonchev–Trinajstić information content (AvgIpc) is 2.83. The molecule has 3 rings (SSSR count). The highest BCUT2D eigenvalue weighted by Crippen LogP contribution is 2.28. The van der Waals surface area contributed by atoms with Gasteiger partial charge in [-0.05, 0) is 0 Å². The zero-order chi connectivity index (χ0) is 10.3. The maximum absolute atomic E-state index is 5.80. The summed E-state index contributed by atoms with van der Waals surface area (Å²) in [6.45, 7) is 0. The number of thiazole rings is 1. The van der Waals surface area contributed by atoms with E-state index in [4.69, 9.17) is 5.73 Å². The number of imidazole rings is 1. The van der Waals surface area contributed by atoms with Crippen molar-refractivity contribution in [3.05, 3.63) is 42.0 Å². The van der Waals surface area contributed by atoms with Crippen molar-refractivity contribution in [2.45, 2.75) is 0 Å². The lowest BCUT2D eigenvalue weighted by Gasteiger charge is -1.94. The molecule has 2 N–H and O–H groups in total. The van der Waals surface area contributed by atoms with E-state index >= 15 is 0 Å². The van der Waals surface area contributed by atoms with Gasteiger partial charge in [0.25, 0.3) is 0 Å². The van der Waals surface area contributed by atoms with Crippen molar-refractivity contribution in [3.63, 3.8) is 0 Å². The summed E-state index contributed by atoms with van der Waals surface area (Å²) in [4.78, 5) is 5.48. The number of fused-ring (bicyclic) bond motifs is 1. The van der Waals surface area contributed by atoms with Crippen molar-refractivity contribution in [3.8, 4) is 11.3 Å². The molecule has 0 spiro atoms. The Hall–Kier alpha value is -1.81. The third-order valence-electron chi connectivity index (χ3n) is 2.34. The van der Waals surface area contributed by atoms with Crippen LogP contribution in [-0.2, 0) is 0 Å². The van der Waals surface area contributed by atoms with Crippen molar-refractivity contribution >= 4 is 22.0 Å². The zero-order valence-corrected chi connectivity index (χ0v) is 8.74. The van der Waals surface area contributed by atoms with Crippen molar-refractivity contribution in [2.75, 3.05) is 5.73 Å². The summed E-state index contributed by atoms with van der Waals surface area (Å²) in [6.07, 6.45) is 1.77. The van der Waals surface area contributed by atoms with Crippen LogP contribution in [0.5, 0.6) is 0 Å². The summed E-state index contributed by atoms with van der Waals surface area (Å²) in [7, 11) is 0. The van der Waals surface area contributed by atoms with E-state index in [0.29, 0.717) is 0 Å². The number of benzene rings is 1. The third-order valence-corrected chi connectivity index (χ3v) is 3.31. The fourth-order valence-corrected chi connectivity index (χ4v) is 2.49. The second kappa shape index (κ2) is 3.10. The molecule has 3 aromatic rings. The lowest BCUT2D eigenvalue weighted by molar-refractivity contribution is 1.19. The van der Waals surface area contributed by atoms with E-state index in [9.17, 15) is 0 Å². The molecule has 0 unspecified atom stereocenters. The van der Waals surface area contributed by atoms with Crippen LogP contribution in [0.3, 0.4) is 0 Å². The average molecular weight is 215 g/mol. The monoisotopic (exact) mass is 215 g/mol. The van der Waals surface area contributed by atoms with E-state index < -0.39 is 0 Å². The van der Waals surface area contributed by atoms with Gasteiger partial charge in [-0.1, -0.05) is 30.3 Å². The van der Waals surface area contributed by atoms with Crippen molar-refractivity contribution in [1.82, 2.24) is 9.38 Å². The van der Waals surface area contributed by atoms with Crippen molar-refractivity contribution in [2.24, 2.45) is 0 Å². The molecular formula is C11H9N3S. The van der Waals surface area contributed by atoms with E-state index in [-0.39, 0.29) is 0 Å². The second-order valence-corrected chi connectivity index (χ2v) is 4.15. The van der Waals surface area contributed by atoms with E-state index in [1.807, 2.05) is 28.0 Å². The number of nitrogen functional groups attached to an aromatic ring is 1. The van der Waals surface area contributed by atoms with Gasteiger partial charge >= 0.3 is 0 Å². The number of nitrogens with zero attached hydrogens (tertiary/aromatic N) is 2. The first-order valence-corrected chi connectivity index (χ1v) is 5.49. The molecule has 74 valence electrons. The topological polar surface area (TPSA) is 43.3 Å². The normalized spacial score (nSPS) is 10.9. The number of nitrogens with two attached hydrogens (primary N) is 1. The minimum atomic E-state index is 0.740. The molecule has 0 amide bonds. The van der Waals surface area contributed by atoms with Crippen LogP contribution in [0.25, 0.3) is 16.1 Å². The first kappa shape index (κ1) is 8.49. The fourth-order valence-electron chi connectivity index (χ4n) is 1.60. The van der Waals surface area contributed by atoms with Crippen LogP contribution in [0.4, 0.5) is 5.82 Å². The Kier molecular flexibility index (Phi) is 1.76.